The molecule has 0 heterocycles. The van der Waals surface area contributed by atoms with Crippen molar-refractivity contribution in [1.82, 2.24) is 0 Å². The summed E-state index contributed by atoms with van der Waals surface area (Å²) < 4.78 is 9.97. The molecule has 120 valence electrons. The molecule has 0 aromatic carbocycles. The Morgan fingerprint density at radius 1 is 1.09 bits per heavy atom. The highest BCUT2D eigenvalue weighted by Gasteiger charge is 2.73. The molecule has 0 spiro atoms. The van der Waals surface area contributed by atoms with Crippen LogP contribution in [0.4, 0.5) is 0 Å². The van der Waals surface area contributed by atoms with Crippen LogP contribution in [-0.2, 0) is 28.7 Å². The predicted molar refractivity (Wildman–Crippen MR) is 67.4 cm³/mol. The zero-order valence-corrected chi connectivity index (χ0v) is 11.6. The normalized spacial score (nSPS) is 44.5. The van der Waals surface area contributed by atoms with Gasteiger partial charge >= 0.3 is 11.9 Å². The van der Waals surface area contributed by atoms with Gasteiger partial charge in [0, 0.05) is 11.8 Å². The Morgan fingerprint density at radius 2 is 1.68 bits per heavy atom. The van der Waals surface area contributed by atoms with Crippen molar-refractivity contribution in [2.45, 2.75) is 31.5 Å². The summed E-state index contributed by atoms with van der Waals surface area (Å²) >= 11 is 0. The van der Waals surface area contributed by atoms with Crippen molar-refractivity contribution in [1.29, 1.82) is 0 Å². The highest BCUT2D eigenvalue weighted by molar-refractivity contribution is 5.82. The fraction of sp³-hybridized carbons (Fsp3) is 0.714. The van der Waals surface area contributed by atoms with Gasteiger partial charge in [0.25, 0.3) is 12.9 Å². The molecule has 0 aliphatic heterocycles. The van der Waals surface area contributed by atoms with Gasteiger partial charge in [0.15, 0.2) is 0 Å². The molecule has 8 heteroatoms. The second-order valence-electron chi connectivity index (χ2n) is 6.39. The van der Waals surface area contributed by atoms with Gasteiger partial charge in [0.2, 0.25) is 0 Å². The van der Waals surface area contributed by atoms with E-state index in [9.17, 15) is 24.3 Å². The average molecular weight is 312 g/mol. The topological polar surface area (TPSA) is 127 Å². The molecule has 7 unspecified atom stereocenters. The molecule has 7 atom stereocenters. The molecule has 22 heavy (non-hydrogen) atoms. The Bertz CT molecular complexity index is 531. The van der Waals surface area contributed by atoms with Crippen molar-refractivity contribution in [3.63, 3.8) is 0 Å². The van der Waals surface area contributed by atoms with Gasteiger partial charge in [-0.2, -0.15) is 0 Å². The van der Waals surface area contributed by atoms with E-state index < -0.39 is 36.0 Å². The number of ether oxygens (including phenoxy) is 2. The number of carbonyl (C=O) groups excluding carboxylic acids is 2. The molecular weight excluding hydrogens is 296 g/mol. The van der Waals surface area contributed by atoms with Gasteiger partial charge in [-0.05, 0) is 24.7 Å². The standard InChI is InChI=1S/C14H16O8/c15-4-21-11-9-6-1-7(10(9)12(11)22-5-16)14(2-6,13(19)20)3-8(17)18/h4-7,9-12H,1-3H2,(H,17,18)(H,19,20). The molecule has 2 bridgehead atoms. The first-order chi connectivity index (χ1) is 10.5. The van der Waals surface area contributed by atoms with Crippen LogP contribution < -0.4 is 0 Å². The lowest BCUT2D eigenvalue weighted by molar-refractivity contribution is -0.221. The molecule has 8 nitrogen and oxygen atoms in total. The fourth-order valence-electron chi connectivity index (χ4n) is 5.14. The smallest absolute Gasteiger partial charge is 0.310 e. The van der Waals surface area contributed by atoms with Crippen molar-refractivity contribution in [2.24, 2.45) is 29.1 Å². The minimum Gasteiger partial charge on any atom is -0.481 e. The fourth-order valence-corrected chi connectivity index (χ4v) is 5.14. The third-order valence-corrected chi connectivity index (χ3v) is 5.75. The molecule has 3 aliphatic rings. The van der Waals surface area contributed by atoms with Crippen LogP contribution in [-0.4, -0.2) is 47.3 Å². The Kier molecular flexibility index (Phi) is 3.34. The number of fused-ring (bicyclic) bond motifs is 5. The van der Waals surface area contributed by atoms with Gasteiger partial charge in [-0.15, -0.1) is 0 Å². The first-order valence-electron chi connectivity index (χ1n) is 7.09. The third-order valence-electron chi connectivity index (χ3n) is 5.75. The summed E-state index contributed by atoms with van der Waals surface area (Å²) in [5.41, 5.74) is -1.33. The van der Waals surface area contributed by atoms with Crippen LogP contribution in [0.1, 0.15) is 19.3 Å². The summed E-state index contributed by atoms with van der Waals surface area (Å²) in [5, 5.41) is 18.7. The van der Waals surface area contributed by atoms with Crippen molar-refractivity contribution < 1.29 is 38.9 Å². The molecule has 0 saturated heterocycles. The lowest BCUT2D eigenvalue weighted by Crippen LogP contribution is -2.64. The van der Waals surface area contributed by atoms with Crippen LogP contribution in [0.15, 0.2) is 0 Å². The molecule has 0 amide bonds. The third kappa shape index (κ3) is 1.75. The second-order valence-corrected chi connectivity index (χ2v) is 6.39. The van der Waals surface area contributed by atoms with Crippen molar-refractivity contribution in [2.75, 3.05) is 0 Å². The van der Waals surface area contributed by atoms with Gasteiger partial charge in [0.1, 0.15) is 12.2 Å². The number of rotatable bonds is 7. The average Bonchev–Trinajstić information content (AvgIpc) is 2.94. The number of hydrogen-bond acceptors (Lipinski definition) is 6. The van der Waals surface area contributed by atoms with E-state index in [1.165, 1.54) is 0 Å². The molecule has 2 N–H and O–H groups in total. The quantitative estimate of drug-likeness (QED) is 0.624. The van der Waals surface area contributed by atoms with Gasteiger partial charge in [0.05, 0.1) is 11.8 Å². The number of hydrogen-bond donors (Lipinski definition) is 2. The van der Waals surface area contributed by atoms with Gasteiger partial charge in [-0.3, -0.25) is 19.2 Å². The van der Waals surface area contributed by atoms with Gasteiger partial charge < -0.3 is 19.7 Å². The number of carbonyl (C=O) groups is 4. The molecule has 0 radical (unpaired) electrons. The Hall–Kier alpha value is -2.12. The van der Waals surface area contributed by atoms with E-state index in [4.69, 9.17) is 14.6 Å². The van der Waals surface area contributed by atoms with E-state index in [1.54, 1.807) is 0 Å². The van der Waals surface area contributed by atoms with E-state index >= 15 is 0 Å². The van der Waals surface area contributed by atoms with Crippen LogP contribution in [0, 0.1) is 29.1 Å². The van der Waals surface area contributed by atoms with E-state index in [2.05, 4.69) is 0 Å². The molecular formula is C14H16O8. The van der Waals surface area contributed by atoms with Crippen LogP contribution in [0.3, 0.4) is 0 Å². The van der Waals surface area contributed by atoms with E-state index in [1.807, 2.05) is 0 Å². The van der Waals surface area contributed by atoms with E-state index in [0.29, 0.717) is 12.9 Å². The molecule has 3 aliphatic carbocycles. The van der Waals surface area contributed by atoms with E-state index in [-0.39, 0.29) is 36.6 Å². The monoisotopic (exact) mass is 312 g/mol. The van der Waals surface area contributed by atoms with Gasteiger partial charge in [-0.25, -0.2) is 0 Å². The zero-order chi connectivity index (χ0) is 16.1. The number of aliphatic carboxylic acids is 2. The molecule has 3 fully saturated rings. The first-order valence-corrected chi connectivity index (χ1v) is 7.09. The maximum absolute atomic E-state index is 11.7. The number of carboxylic acids is 2. The summed E-state index contributed by atoms with van der Waals surface area (Å²) in [6, 6.07) is 0. The van der Waals surface area contributed by atoms with Crippen LogP contribution in [0.2, 0.25) is 0 Å². The van der Waals surface area contributed by atoms with Gasteiger partial charge in [-0.1, -0.05) is 0 Å². The van der Waals surface area contributed by atoms with Crippen LogP contribution >= 0.6 is 0 Å². The van der Waals surface area contributed by atoms with Crippen LogP contribution in [0.5, 0.6) is 0 Å². The van der Waals surface area contributed by atoms with Crippen molar-refractivity contribution in [3.05, 3.63) is 0 Å². The lowest BCUT2D eigenvalue weighted by atomic mass is 9.53. The highest BCUT2D eigenvalue weighted by Crippen LogP contribution is 2.69. The van der Waals surface area contributed by atoms with Crippen LogP contribution in [0.25, 0.3) is 0 Å². The largest absolute Gasteiger partial charge is 0.481 e. The molecule has 3 rings (SSSR count). The maximum atomic E-state index is 11.7. The number of carboxylic acid groups (broad SMARTS) is 2. The SMILES string of the molecule is O=COC1C(OC=O)C2C1C1CC2C(CC(=O)O)(C(=O)O)C1. The zero-order valence-electron chi connectivity index (χ0n) is 11.6. The Morgan fingerprint density at radius 3 is 2.18 bits per heavy atom. The Labute approximate surface area is 125 Å². The predicted octanol–water partition coefficient (Wildman–Crippen LogP) is -0.0989. The minimum atomic E-state index is -1.33. The summed E-state index contributed by atoms with van der Waals surface area (Å²) in [5.74, 6) is -3.00. The highest BCUT2D eigenvalue weighted by atomic mass is 16.6. The summed E-state index contributed by atoms with van der Waals surface area (Å²) in [4.78, 5) is 44.1. The van der Waals surface area contributed by atoms with Crippen molar-refractivity contribution >= 4 is 24.9 Å². The lowest BCUT2D eigenvalue weighted by Gasteiger charge is -2.54. The first kappa shape index (κ1) is 14.8. The maximum Gasteiger partial charge on any atom is 0.310 e. The summed E-state index contributed by atoms with van der Waals surface area (Å²) in [7, 11) is 0. The molecule has 0 aromatic heterocycles. The van der Waals surface area contributed by atoms with Crippen molar-refractivity contribution in [3.8, 4) is 0 Å². The molecule has 3 saturated carbocycles. The molecule has 0 aromatic rings. The summed E-state index contributed by atoms with van der Waals surface area (Å²) in [6.07, 6.45) is -0.867. The summed E-state index contributed by atoms with van der Waals surface area (Å²) in [6.45, 7) is 0.559. The Balaban J connectivity index is 1.89. The second kappa shape index (κ2) is 4.96. The minimum absolute atomic E-state index is 0.0260. The van der Waals surface area contributed by atoms with E-state index in [0.717, 1.165) is 0 Å².